The van der Waals surface area contributed by atoms with E-state index in [1.807, 2.05) is 48.5 Å². The lowest BCUT2D eigenvalue weighted by Crippen LogP contribution is -2.44. The highest BCUT2D eigenvalue weighted by atomic mass is 16.4. The molecule has 0 radical (unpaired) electrons. The van der Waals surface area contributed by atoms with Gasteiger partial charge in [0.25, 0.3) is 0 Å². The number of benzene rings is 2. The van der Waals surface area contributed by atoms with Crippen molar-refractivity contribution >= 4 is 17.6 Å². The van der Waals surface area contributed by atoms with Gasteiger partial charge >= 0.3 is 5.97 Å². The molecule has 0 spiro atoms. The molecule has 1 aromatic heterocycles. The minimum absolute atomic E-state index is 0.299. The van der Waals surface area contributed by atoms with Gasteiger partial charge in [-0.2, -0.15) is 0 Å². The molecule has 0 aliphatic heterocycles. The Morgan fingerprint density at radius 2 is 1.71 bits per heavy atom. The van der Waals surface area contributed by atoms with Crippen LogP contribution in [0.1, 0.15) is 5.56 Å². The van der Waals surface area contributed by atoms with Crippen LogP contribution in [-0.2, 0) is 16.0 Å². The van der Waals surface area contributed by atoms with Crippen LogP contribution in [0.3, 0.4) is 0 Å². The predicted molar refractivity (Wildman–Crippen MR) is 106 cm³/mol. The summed E-state index contributed by atoms with van der Waals surface area (Å²) in [7, 11) is 0. The van der Waals surface area contributed by atoms with Crippen LogP contribution in [-0.4, -0.2) is 39.5 Å². The quantitative estimate of drug-likeness (QED) is 0.558. The van der Waals surface area contributed by atoms with Gasteiger partial charge in [0, 0.05) is 23.6 Å². The summed E-state index contributed by atoms with van der Waals surface area (Å²) in [5.41, 5.74) is 3.26. The maximum atomic E-state index is 12.8. The average Bonchev–Trinajstić information content (AvgIpc) is 2.72. The number of amides is 1. The van der Waals surface area contributed by atoms with Crippen molar-refractivity contribution in [2.24, 2.45) is 0 Å². The van der Waals surface area contributed by atoms with Gasteiger partial charge in [0.2, 0.25) is 5.91 Å². The maximum Gasteiger partial charge on any atom is 0.317 e. The first-order chi connectivity index (χ1) is 13.6. The minimum Gasteiger partial charge on any atom is -0.480 e. The van der Waals surface area contributed by atoms with Crippen molar-refractivity contribution < 1.29 is 14.7 Å². The van der Waals surface area contributed by atoms with Gasteiger partial charge < -0.3 is 10.4 Å². The molecule has 1 atom stereocenters. The lowest BCUT2D eigenvalue weighted by molar-refractivity contribution is -0.136. The number of hydrogen-bond donors (Lipinski definition) is 3. The van der Waals surface area contributed by atoms with Crippen LogP contribution >= 0.6 is 0 Å². The Labute approximate surface area is 162 Å². The zero-order valence-corrected chi connectivity index (χ0v) is 15.1. The van der Waals surface area contributed by atoms with Crippen LogP contribution in [0.5, 0.6) is 0 Å². The van der Waals surface area contributed by atoms with E-state index in [4.69, 9.17) is 5.11 Å². The molecule has 7 nitrogen and oxygen atoms in total. The molecule has 0 fully saturated rings. The maximum absolute atomic E-state index is 12.8. The summed E-state index contributed by atoms with van der Waals surface area (Å²) in [5.74, 6) is -1.32. The molecular weight excluding hydrogens is 356 g/mol. The minimum atomic E-state index is -1.02. The van der Waals surface area contributed by atoms with Gasteiger partial charge in [0.05, 0.1) is 12.6 Å². The third-order valence-corrected chi connectivity index (χ3v) is 4.12. The molecular formula is C21H20N4O3. The Kier molecular flexibility index (Phi) is 6.43. The van der Waals surface area contributed by atoms with Gasteiger partial charge in [-0.25, -0.2) is 9.97 Å². The van der Waals surface area contributed by atoms with Crippen molar-refractivity contribution in [2.45, 2.75) is 12.5 Å². The van der Waals surface area contributed by atoms with Crippen LogP contribution < -0.4 is 10.6 Å². The van der Waals surface area contributed by atoms with Crippen LogP contribution in [0.15, 0.2) is 73.3 Å². The first-order valence-corrected chi connectivity index (χ1v) is 8.77. The highest BCUT2D eigenvalue weighted by Gasteiger charge is 2.20. The lowest BCUT2D eigenvalue weighted by Gasteiger charge is -2.18. The van der Waals surface area contributed by atoms with Gasteiger partial charge in [0.15, 0.2) is 0 Å². The smallest absolute Gasteiger partial charge is 0.317 e. The Bertz CT molecular complexity index is 933. The number of nitrogens with one attached hydrogen (secondary N) is 2. The Balaban J connectivity index is 1.74. The SMILES string of the molecule is O=C(O)CN[C@@H](Cc1ccccc1)C(=O)Nc1cccc(-c2cncnc2)c1. The molecule has 2 aromatic carbocycles. The van der Waals surface area contributed by atoms with E-state index in [1.165, 1.54) is 6.33 Å². The summed E-state index contributed by atoms with van der Waals surface area (Å²) in [6.07, 6.45) is 5.23. The second-order valence-electron chi connectivity index (χ2n) is 6.21. The van der Waals surface area contributed by atoms with Gasteiger partial charge in [-0.05, 0) is 29.7 Å². The van der Waals surface area contributed by atoms with Crippen molar-refractivity contribution in [3.63, 3.8) is 0 Å². The first-order valence-electron chi connectivity index (χ1n) is 8.77. The summed E-state index contributed by atoms with van der Waals surface area (Å²) >= 11 is 0. The van der Waals surface area contributed by atoms with Gasteiger partial charge in [-0.15, -0.1) is 0 Å². The fraction of sp³-hybridized carbons (Fsp3) is 0.143. The van der Waals surface area contributed by atoms with Crippen LogP contribution in [0.25, 0.3) is 11.1 Å². The Morgan fingerprint density at radius 1 is 0.964 bits per heavy atom. The number of carboxylic acid groups (broad SMARTS) is 1. The number of anilines is 1. The van der Waals surface area contributed by atoms with Crippen molar-refractivity contribution in [1.29, 1.82) is 0 Å². The summed E-state index contributed by atoms with van der Waals surface area (Å²) in [5, 5.41) is 14.6. The molecule has 0 saturated carbocycles. The zero-order valence-electron chi connectivity index (χ0n) is 15.1. The van der Waals surface area contributed by atoms with E-state index in [2.05, 4.69) is 20.6 Å². The lowest BCUT2D eigenvalue weighted by atomic mass is 10.0. The molecule has 0 bridgehead atoms. The number of carbonyl (C=O) groups excluding carboxylic acids is 1. The molecule has 1 heterocycles. The third-order valence-electron chi connectivity index (χ3n) is 4.12. The number of aliphatic carboxylic acids is 1. The summed E-state index contributed by atoms with van der Waals surface area (Å²) in [6.45, 7) is -0.299. The van der Waals surface area contributed by atoms with Crippen molar-refractivity contribution in [3.05, 3.63) is 78.9 Å². The highest BCUT2D eigenvalue weighted by Crippen LogP contribution is 2.21. The third kappa shape index (κ3) is 5.46. The zero-order chi connectivity index (χ0) is 19.8. The largest absolute Gasteiger partial charge is 0.480 e. The molecule has 1 amide bonds. The van der Waals surface area contributed by atoms with E-state index >= 15 is 0 Å². The average molecular weight is 376 g/mol. The number of hydrogen-bond acceptors (Lipinski definition) is 5. The Morgan fingerprint density at radius 3 is 2.43 bits per heavy atom. The highest BCUT2D eigenvalue weighted by molar-refractivity contribution is 5.95. The van der Waals surface area contributed by atoms with E-state index in [0.717, 1.165) is 16.7 Å². The molecule has 28 heavy (non-hydrogen) atoms. The van der Waals surface area contributed by atoms with E-state index in [-0.39, 0.29) is 12.5 Å². The predicted octanol–water partition coefficient (Wildman–Crippen LogP) is 2.37. The number of carbonyl (C=O) groups is 2. The summed E-state index contributed by atoms with van der Waals surface area (Å²) in [6, 6.07) is 16.1. The molecule has 0 unspecified atom stereocenters. The number of rotatable bonds is 8. The molecule has 7 heteroatoms. The van der Waals surface area contributed by atoms with E-state index in [0.29, 0.717) is 12.1 Å². The van der Waals surface area contributed by atoms with E-state index < -0.39 is 12.0 Å². The molecule has 142 valence electrons. The second-order valence-corrected chi connectivity index (χ2v) is 6.21. The fourth-order valence-corrected chi connectivity index (χ4v) is 2.77. The Hall–Kier alpha value is -3.58. The first kappa shape index (κ1) is 19.2. The van der Waals surface area contributed by atoms with Crippen molar-refractivity contribution in [2.75, 3.05) is 11.9 Å². The molecule has 0 saturated heterocycles. The summed E-state index contributed by atoms with van der Waals surface area (Å²) in [4.78, 5) is 31.7. The van der Waals surface area contributed by atoms with Gasteiger partial charge in [0.1, 0.15) is 6.33 Å². The van der Waals surface area contributed by atoms with Crippen molar-refractivity contribution in [1.82, 2.24) is 15.3 Å². The van der Waals surface area contributed by atoms with Crippen LogP contribution in [0, 0.1) is 0 Å². The molecule has 0 aliphatic rings. The van der Waals surface area contributed by atoms with Gasteiger partial charge in [-0.1, -0.05) is 42.5 Å². The number of carboxylic acids is 1. The topological polar surface area (TPSA) is 104 Å². The van der Waals surface area contributed by atoms with Crippen LogP contribution in [0.2, 0.25) is 0 Å². The molecule has 3 N–H and O–H groups in total. The molecule has 3 rings (SSSR count). The van der Waals surface area contributed by atoms with Gasteiger partial charge in [-0.3, -0.25) is 14.9 Å². The number of nitrogens with zero attached hydrogens (tertiary/aromatic N) is 2. The van der Waals surface area contributed by atoms with E-state index in [1.54, 1.807) is 18.5 Å². The summed E-state index contributed by atoms with van der Waals surface area (Å²) < 4.78 is 0. The van der Waals surface area contributed by atoms with E-state index in [9.17, 15) is 9.59 Å². The fourth-order valence-electron chi connectivity index (χ4n) is 2.77. The number of aromatic nitrogens is 2. The second kappa shape index (κ2) is 9.38. The monoisotopic (exact) mass is 376 g/mol. The standard InChI is InChI=1S/C21H20N4O3/c26-20(27)13-24-19(9-15-5-2-1-3-6-15)21(28)25-18-8-4-7-16(10-18)17-11-22-14-23-12-17/h1-8,10-12,14,19,24H,9,13H2,(H,25,28)(H,26,27)/t19-/m0/s1. The van der Waals surface area contributed by atoms with Crippen LogP contribution in [0.4, 0.5) is 5.69 Å². The normalized spacial score (nSPS) is 11.6. The molecule has 3 aromatic rings. The van der Waals surface area contributed by atoms with Crippen molar-refractivity contribution in [3.8, 4) is 11.1 Å². The molecule has 0 aliphatic carbocycles.